The van der Waals surface area contributed by atoms with Gasteiger partial charge in [0.2, 0.25) is 5.91 Å². The van der Waals surface area contributed by atoms with Crippen molar-refractivity contribution >= 4 is 21.7 Å². The molecule has 0 aliphatic carbocycles. The van der Waals surface area contributed by atoms with Crippen LogP contribution in [0, 0.1) is 0 Å². The molecule has 1 N–H and O–H groups in total. The molecule has 2 aromatic rings. The average Bonchev–Trinajstić information content (AvgIpc) is 2.61. The molecule has 0 bridgehead atoms. The second kappa shape index (κ2) is 8.14. The number of sulfone groups is 1. The largest absolute Gasteiger partial charge is 0.348 e. The number of likely N-dealkylation sites (N-methyl/N-ethyl adjacent to an activating group) is 1. The van der Waals surface area contributed by atoms with E-state index in [0.717, 1.165) is 11.8 Å². The van der Waals surface area contributed by atoms with E-state index in [9.17, 15) is 18.0 Å². The number of rotatable bonds is 6. The Kier molecular flexibility index (Phi) is 6.15. The summed E-state index contributed by atoms with van der Waals surface area (Å²) in [4.78, 5) is 26.0. The Bertz CT molecular complexity index is 878. The smallest absolute Gasteiger partial charge is 0.254 e. The first-order valence-corrected chi connectivity index (χ1v) is 9.97. The quantitative estimate of drug-likeness (QED) is 0.839. The van der Waals surface area contributed by atoms with E-state index in [4.69, 9.17) is 0 Å². The second-order valence-corrected chi connectivity index (χ2v) is 8.17. The number of benzene rings is 2. The van der Waals surface area contributed by atoms with Gasteiger partial charge in [0, 0.05) is 18.9 Å². The van der Waals surface area contributed by atoms with Crippen molar-refractivity contribution in [1.82, 2.24) is 10.2 Å². The van der Waals surface area contributed by atoms with Crippen LogP contribution >= 0.6 is 0 Å². The summed E-state index contributed by atoms with van der Waals surface area (Å²) < 4.78 is 23.0. The highest BCUT2D eigenvalue weighted by atomic mass is 32.2. The van der Waals surface area contributed by atoms with Gasteiger partial charge in [-0.05, 0) is 36.8 Å². The predicted molar refractivity (Wildman–Crippen MR) is 99.5 cm³/mol. The lowest BCUT2D eigenvalue weighted by molar-refractivity contribution is -0.122. The third-order valence-electron chi connectivity index (χ3n) is 3.93. The minimum Gasteiger partial charge on any atom is -0.348 e. The van der Waals surface area contributed by atoms with E-state index in [2.05, 4.69) is 5.32 Å². The Labute approximate surface area is 153 Å². The van der Waals surface area contributed by atoms with Crippen LogP contribution in [0.2, 0.25) is 0 Å². The highest BCUT2D eigenvalue weighted by molar-refractivity contribution is 7.90. The zero-order valence-electron chi connectivity index (χ0n) is 15.0. The second-order valence-electron chi connectivity index (χ2n) is 6.16. The number of carbonyl (C=O) groups excluding carboxylic acids is 2. The fourth-order valence-electron chi connectivity index (χ4n) is 2.46. The summed E-state index contributed by atoms with van der Waals surface area (Å²) in [5, 5.41) is 2.81. The maximum absolute atomic E-state index is 12.3. The molecule has 2 aromatic carbocycles. The number of hydrogen-bond acceptors (Lipinski definition) is 4. The van der Waals surface area contributed by atoms with Crippen LogP contribution in [0.1, 0.15) is 28.9 Å². The van der Waals surface area contributed by atoms with Crippen molar-refractivity contribution in [3.05, 3.63) is 65.7 Å². The van der Waals surface area contributed by atoms with Gasteiger partial charge >= 0.3 is 0 Å². The summed E-state index contributed by atoms with van der Waals surface area (Å²) >= 11 is 0. The summed E-state index contributed by atoms with van der Waals surface area (Å²) in [5.74, 6) is -0.526. The molecule has 0 spiro atoms. The van der Waals surface area contributed by atoms with Crippen LogP contribution < -0.4 is 5.32 Å². The van der Waals surface area contributed by atoms with Crippen LogP contribution in [-0.2, 0) is 14.6 Å². The third-order valence-corrected chi connectivity index (χ3v) is 5.06. The van der Waals surface area contributed by atoms with Gasteiger partial charge in [-0.2, -0.15) is 0 Å². The summed E-state index contributed by atoms with van der Waals surface area (Å²) in [6, 6.07) is 14.8. The van der Waals surface area contributed by atoms with E-state index in [1.54, 1.807) is 50.4 Å². The minimum absolute atomic E-state index is 0.0699. The first-order valence-electron chi connectivity index (χ1n) is 8.08. The molecule has 0 aliphatic heterocycles. The molecule has 1 unspecified atom stereocenters. The lowest BCUT2D eigenvalue weighted by Gasteiger charge is -2.19. The Hall–Kier alpha value is -2.67. The zero-order valence-corrected chi connectivity index (χ0v) is 15.8. The molecule has 2 rings (SSSR count). The first-order chi connectivity index (χ1) is 12.2. The maximum Gasteiger partial charge on any atom is 0.254 e. The highest BCUT2D eigenvalue weighted by Gasteiger charge is 2.17. The number of carbonyl (C=O) groups is 2. The van der Waals surface area contributed by atoms with Crippen molar-refractivity contribution in [2.75, 3.05) is 19.8 Å². The predicted octanol–water partition coefficient (Wildman–Crippen LogP) is 2.04. The molecule has 0 saturated heterocycles. The van der Waals surface area contributed by atoms with Gasteiger partial charge in [-0.1, -0.05) is 30.3 Å². The van der Waals surface area contributed by atoms with E-state index in [1.807, 2.05) is 6.07 Å². The van der Waals surface area contributed by atoms with Crippen molar-refractivity contribution in [3.63, 3.8) is 0 Å². The molecule has 138 valence electrons. The van der Waals surface area contributed by atoms with Gasteiger partial charge in [0.05, 0.1) is 17.5 Å². The Morgan fingerprint density at radius 3 is 2.15 bits per heavy atom. The lowest BCUT2D eigenvalue weighted by Crippen LogP contribution is -2.39. The molecule has 0 heterocycles. The maximum atomic E-state index is 12.3. The molecular weight excluding hydrogens is 352 g/mol. The van der Waals surface area contributed by atoms with Crippen LogP contribution in [0.15, 0.2) is 59.5 Å². The zero-order chi connectivity index (χ0) is 19.3. The standard InChI is InChI=1S/C19H22N2O4S/c1-14(15-9-11-17(12-10-15)26(3,24)25)20-18(22)13-21(2)19(23)16-7-5-4-6-8-16/h4-12,14H,13H2,1-3H3,(H,20,22). The van der Waals surface area contributed by atoms with Crippen LogP contribution in [-0.4, -0.2) is 45.0 Å². The monoisotopic (exact) mass is 374 g/mol. The Morgan fingerprint density at radius 2 is 1.62 bits per heavy atom. The number of amides is 2. The van der Waals surface area contributed by atoms with Crippen LogP contribution in [0.3, 0.4) is 0 Å². The normalized spacial score (nSPS) is 12.3. The Morgan fingerprint density at radius 1 is 1.04 bits per heavy atom. The van der Waals surface area contributed by atoms with Gasteiger partial charge in [-0.15, -0.1) is 0 Å². The van der Waals surface area contributed by atoms with E-state index < -0.39 is 9.84 Å². The van der Waals surface area contributed by atoms with Crippen molar-refractivity contribution in [3.8, 4) is 0 Å². The van der Waals surface area contributed by atoms with Crippen LogP contribution in [0.5, 0.6) is 0 Å². The molecule has 0 aromatic heterocycles. The summed E-state index contributed by atoms with van der Waals surface area (Å²) in [6.07, 6.45) is 1.15. The molecule has 1 atom stereocenters. The number of nitrogens with one attached hydrogen (secondary N) is 1. The van der Waals surface area contributed by atoms with Gasteiger partial charge < -0.3 is 10.2 Å². The summed E-state index contributed by atoms with van der Waals surface area (Å²) in [5.41, 5.74) is 1.30. The fourth-order valence-corrected chi connectivity index (χ4v) is 3.09. The highest BCUT2D eigenvalue weighted by Crippen LogP contribution is 2.16. The molecule has 0 fully saturated rings. The van der Waals surface area contributed by atoms with Gasteiger partial charge in [0.25, 0.3) is 5.91 Å². The molecule has 7 heteroatoms. The van der Waals surface area contributed by atoms with Crippen molar-refractivity contribution in [2.45, 2.75) is 17.9 Å². The van der Waals surface area contributed by atoms with Gasteiger partial charge in [0.15, 0.2) is 9.84 Å². The molecule has 0 radical (unpaired) electrons. The fraction of sp³-hybridized carbons (Fsp3) is 0.263. The van der Waals surface area contributed by atoms with Crippen LogP contribution in [0.25, 0.3) is 0 Å². The molecule has 0 aliphatic rings. The van der Waals surface area contributed by atoms with Gasteiger partial charge in [0.1, 0.15) is 0 Å². The van der Waals surface area contributed by atoms with Crippen molar-refractivity contribution in [2.24, 2.45) is 0 Å². The summed E-state index contributed by atoms with van der Waals surface area (Å²) in [6.45, 7) is 1.73. The van der Waals surface area contributed by atoms with E-state index in [1.165, 1.54) is 17.0 Å². The molecule has 26 heavy (non-hydrogen) atoms. The molecule has 2 amide bonds. The molecular formula is C19H22N2O4S. The average molecular weight is 374 g/mol. The molecule has 6 nitrogen and oxygen atoms in total. The van der Waals surface area contributed by atoms with Gasteiger partial charge in [-0.3, -0.25) is 9.59 Å². The minimum atomic E-state index is -3.25. The van der Waals surface area contributed by atoms with E-state index in [-0.39, 0.29) is 29.3 Å². The van der Waals surface area contributed by atoms with Crippen molar-refractivity contribution < 1.29 is 18.0 Å². The number of hydrogen-bond donors (Lipinski definition) is 1. The third kappa shape index (κ3) is 5.16. The van der Waals surface area contributed by atoms with Crippen LogP contribution in [0.4, 0.5) is 0 Å². The van der Waals surface area contributed by atoms with E-state index >= 15 is 0 Å². The first kappa shape index (κ1) is 19.7. The topological polar surface area (TPSA) is 83.6 Å². The molecule has 0 saturated carbocycles. The Balaban J connectivity index is 1.95. The number of nitrogens with zero attached hydrogens (tertiary/aromatic N) is 1. The van der Waals surface area contributed by atoms with Crippen molar-refractivity contribution in [1.29, 1.82) is 0 Å². The lowest BCUT2D eigenvalue weighted by atomic mass is 10.1. The SMILES string of the molecule is CC(NC(=O)CN(C)C(=O)c1ccccc1)c1ccc(S(C)(=O)=O)cc1. The van der Waals surface area contributed by atoms with E-state index in [0.29, 0.717) is 5.56 Å². The summed E-state index contributed by atoms with van der Waals surface area (Å²) in [7, 11) is -1.68. The van der Waals surface area contributed by atoms with Gasteiger partial charge in [-0.25, -0.2) is 8.42 Å².